The average molecular weight is 623 g/mol. The van der Waals surface area contributed by atoms with E-state index < -0.39 is 17.6 Å². The molecule has 0 fully saturated rings. The van der Waals surface area contributed by atoms with Crippen molar-refractivity contribution in [2.75, 3.05) is 18.0 Å². The maximum atomic E-state index is 14.2. The Hall–Kier alpha value is -4.21. The Balaban J connectivity index is 1.74. The number of pyridine rings is 1. The molecule has 2 amide bonds. The van der Waals surface area contributed by atoms with E-state index in [0.717, 1.165) is 0 Å². The summed E-state index contributed by atoms with van der Waals surface area (Å²) in [6.07, 6.45) is 2.90. The van der Waals surface area contributed by atoms with Crippen molar-refractivity contribution in [2.24, 2.45) is 0 Å². The third-order valence-corrected chi connectivity index (χ3v) is 7.23. The molecule has 1 aliphatic rings. The third kappa shape index (κ3) is 6.58. The van der Waals surface area contributed by atoms with Crippen LogP contribution in [0.3, 0.4) is 0 Å². The number of nitrogens with zero attached hydrogens (tertiary/aromatic N) is 5. The Morgan fingerprint density at radius 2 is 1.81 bits per heavy atom. The fraction of sp³-hybridized carbons (Fsp3) is 0.250. The first-order valence-corrected chi connectivity index (χ1v) is 14.5. The molecule has 2 aromatic carbocycles. The SMILES string of the molecule is CCN(C(=O)c1nn(-c2ccc(Cl)cc2Cl)c2c1CN(C(=O)OC(C)(C)C)CC2=Cc1ccc(F)cc1)c1ccccn1. The number of halogens is 3. The van der Waals surface area contributed by atoms with Crippen molar-refractivity contribution in [1.29, 1.82) is 0 Å². The Bertz CT molecular complexity index is 1700. The number of rotatable bonds is 5. The molecule has 222 valence electrons. The summed E-state index contributed by atoms with van der Waals surface area (Å²) >= 11 is 12.9. The average Bonchev–Trinajstić information content (AvgIpc) is 3.34. The van der Waals surface area contributed by atoms with Crippen LogP contribution in [0.2, 0.25) is 10.0 Å². The number of carbonyl (C=O) groups is 2. The Morgan fingerprint density at radius 3 is 2.44 bits per heavy atom. The minimum Gasteiger partial charge on any atom is -0.444 e. The standard InChI is InChI=1S/C32H30Cl2FN5O3/c1-5-39(27-8-6-7-15-36-27)30(41)28-24-19-38(31(42)43-32(2,3)4)18-21(16-20-9-12-23(35)13-10-20)29(24)40(37-28)26-14-11-22(33)17-25(26)34/h6-17H,5,18-19H2,1-4H3. The molecule has 0 atom stereocenters. The number of aromatic nitrogens is 3. The van der Waals surface area contributed by atoms with Crippen LogP contribution in [0.15, 0.2) is 66.9 Å². The van der Waals surface area contributed by atoms with E-state index in [1.807, 2.05) is 13.0 Å². The number of benzene rings is 2. The van der Waals surface area contributed by atoms with Gasteiger partial charge in [0.1, 0.15) is 17.2 Å². The highest BCUT2D eigenvalue weighted by atomic mass is 35.5. The zero-order chi connectivity index (χ0) is 30.9. The first-order chi connectivity index (χ1) is 20.4. The van der Waals surface area contributed by atoms with E-state index in [4.69, 9.17) is 33.0 Å². The molecule has 0 radical (unpaired) electrons. The van der Waals surface area contributed by atoms with Gasteiger partial charge in [-0.05, 0) is 87.4 Å². The van der Waals surface area contributed by atoms with Crippen molar-refractivity contribution in [1.82, 2.24) is 19.7 Å². The number of hydrogen-bond acceptors (Lipinski definition) is 5. The fourth-order valence-corrected chi connectivity index (χ4v) is 5.33. The van der Waals surface area contributed by atoms with Crippen LogP contribution in [0.1, 0.15) is 55.0 Å². The fourth-order valence-electron chi connectivity index (χ4n) is 4.84. The van der Waals surface area contributed by atoms with E-state index in [9.17, 15) is 14.0 Å². The largest absolute Gasteiger partial charge is 0.444 e. The lowest BCUT2D eigenvalue weighted by molar-refractivity contribution is 0.0254. The minimum atomic E-state index is -0.740. The van der Waals surface area contributed by atoms with Gasteiger partial charge < -0.3 is 4.74 Å². The van der Waals surface area contributed by atoms with Crippen molar-refractivity contribution in [3.63, 3.8) is 0 Å². The summed E-state index contributed by atoms with van der Waals surface area (Å²) in [4.78, 5) is 35.0. The summed E-state index contributed by atoms with van der Waals surface area (Å²) in [5.41, 5.74) is 2.34. The third-order valence-electron chi connectivity index (χ3n) is 6.69. The van der Waals surface area contributed by atoms with E-state index in [0.29, 0.717) is 50.5 Å². The van der Waals surface area contributed by atoms with Crippen LogP contribution in [-0.2, 0) is 11.3 Å². The second-order valence-corrected chi connectivity index (χ2v) is 11.8. The topological polar surface area (TPSA) is 80.6 Å². The normalized spacial score (nSPS) is 14.0. The molecule has 4 aromatic rings. The minimum absolute atomic E-state index is 0.0526. The zero-order valence-corrected chi connectivity index (χ0v) is 25.7. The molecule has 0 unspecified atom stereocenters. The van der Waals surface area contributed by atoms with Gasteiger partial charge in [-0.15, -0.1) is 0 Å². The summed E-state index contributed by atoms with van der Waals surface area (Å²) < 4.78 is 21.1. The molecule has 8 nitrogen and oxygen atoms in total. The quantitative estimate of drug-likeness (QED) is 0.228. The van der Waals surface area contributed by atoms with Crippen molar-refractivity contribution in [3.05, 3.63) is 105 Å². The van der Waals surface area contributed by atoms with E-state index in [-0.39, 0.29) is 24.6 Å². The van der Waals surface area contributed by atoms with Gasteiger partial charge in [-0.3, -0.25) is 14.6 Å². The number of fused-ring (bicyclic) bond motifs is 1. The highest BCUT2D eigenvalue weighted by Crippen LogP contribution is 2.37. The molecule has 0 saturated carbocycles. The van der Waals surface area contributed by atoms with Gasteiger partial charge in [0, 0.05) is 23.3 Å². The zero-order valence-electron chi connectivity index (χ0n) is 24.1. The Labute approximate surface area is 259 Å². The second-order valence-electron chi connectivity index (χ2n) is 11.0. The lowest BCUT2D eigenvalue weighted by Crippen LogP contribution is -2.40. The van der Waals surface area contributed by atoms with Crippen LogP contribution in [0, 0.1) is 5.82 Å². The number of anilines is 1. The molecule has 0 aliphatic carbocycles. The van der Waals surface area contributed by atoms with E-state index in [1.54, 1.807) is 80.2 Å². The number of amides is 2. The van der Waals surface area contributed by atoms with Crippen molar-refractivity contribution >= 4 is 52.7 Å². The lowest BCUT2D eigenvalue weighted by Gasteiger charge is -2.32. The Kier molecular flexibility index (Phi) is 8.57. The predicted octanol–water partition coefficient (Wildman–Crippen LogP) is 7.67. The van der Waals surface area contributed by atoms with Crippen LogP contribution in [0.25, 0.3) is 17.3 Å². The summed E-state index contributed by atoms with van der Waals surface area (Å²) in [7, 11) is 0. The summed E-state index contributed by atoms with van der Waals surface area (Å²) in [5.74, 6) is -0.305. The monoisotopic (exact) mass is 621 g/mol. The van der Waals surface area contributed by atoms with Crippen LogP contribution < -0.4 is 4.90 Å². The molecule has 2 aromatic heterocycles. The van der Waals surface area contributed by atoms with Crippen LogP contribution in [0.5, 0.6) is 0 Å². The maximum absolute atomic E-state index is 14.2. The molecule has 5 rings (SSSR count). The Morgan fingerprint density at radius 1 is 1.07 bits per heavy atom. The first-order valence-electron chi connectivity index (χ1n) is 13.7. The molecule has 11 heteroatoms. The van der Waals surface area contributed by atoms with Crippen molar-refractivity contribution in [3.8, 4) is 5.69 Å². The van der Waals surface area contributed by atoms with Crippen LogP contribution >= 0.6 is 23.2 Å². The van der Waals surface area contributed by atoms with Gasteiger partial charge in [0.15, 0.2) is 5.69 Å². The van der Waals surface area contributed by atoms with E-state index in [1.165, 1.54) is 21.9 Å². The maximum Gasteiger partial charge on any atom is 0.410 e. The van der Waals surface area contributed by atoms with Crippen molar-refractivity contribution < 1.29 is 18.7 Å². The van der Waals surface area contributed by atoms with Gasteiger partial charge in [0.25, 0.3) is 5.91 Å². The van der Waals surface area contributed by atoms with E-state index >= 15 is 0 Å². The molecule has 3 heterocycles. The number of hydrogen-bond donors (Lipinski definition) is 0. The first kappa shape index (κ1) is 30.3. The van der Waals surface area contributed by atoms with Crippen LogP contribution in [-0.4, -0.2) is 50.4 Å². The van der Waals surface area contributed by atoms with Crippen LogP contribution in [0.4, 0.5) is 15.0 Å². The molecule has 0 bridgehead atoms. The smallest absolute Gasteiger partial charge is 0.410 e. The molecular weight excluding hydrogens is 592 g/mol. The summed E-state index contributed by atoms with van der Waals surface area (Å²) in [6.45, 7) is 7.73. The molecular formula is C32H30Cl2FN5O3. The van der Waals surface area contributed by atoms with Gasteiger partial charge in [0.2, 0.25) is 0 Å². The molecule has 0 spiro atoms. The second kappa shape index (κ2) is 12.2. The highest BCUT2D eigenvalue weighted by Gasteiger charge is 2.37. The highest BCUT2D eigenvalue weighted by molar-refractivity contribution is 6.35. The lowest BCUT2D eigenvalue weighted by atomic mass is 9.97. The molecule has 0 saturated heterocycles. The molecule has 1 aliphatic heterocycles. The molecule has 0 N–H and O–H groups in total. The predicted molar refractivity (Wildman–Crippen MR) is 166 cm³/mol. The summed E-state index contributed by atoms with van der Waals surface area (Å²) in [5, 5.41) is 5.58. The van der Waals surface area contributed by atoms with Gasteiger partial charge in [-0.1, -0.05) is 41.4 Å². The summed E-state index contributed by atoms with van der Waals surface area (Å²) in [6, 6.07) is 16.3. The molecule has 43 heavy (non-hydrogen) atoms. The van der Waals surface area contributed by atoms with Gasteiger partial charge >= 0.3 is 6.09 Å². The number of ether oxygens (including phenoxy) is 1. The van der Waals surface area contributed by atoms with Gasteiger partial charge in [-0.25, -0.2) is 18.9 Å². The van der Waals surface area contributed by atoms with Crippen molar-refractivity contribution in [2.45, 2.75) is 39.8 Å². The van der Waals surface area contributed by atoms with Gasteiger partial charge in [0.05, 0.1) is 29.5 Å². The van der Waals surface area contributed by atoms with E-state index in [2.05, 4.69) is 4.98 Å². The number of carbonyl (C=O) groups excluding carboxylic acids is 2. The van der Waals surface area contributed by atoms with Gasteiger partial charge in [-0.2, -0.15) is 5.10 Å².